The molecule has 0 N–H and O–H groups in total. The van der Waals surface area contributed by atoms with Gasteiger partial charge in [-0.05, 0) is 30.2 Å². The molecular formula is C16H24N2. The molecule has 0 amide bonds. The summed E-state index contributed by atoms with van der Waals surface area (Å²) in [6.45, 7) is 11.9. The van der Waals surface area contributed by atoms with Gasteiger partial charge in [0.2, 0.25) is 0 Å². The first kappa shape index (κ1) is 13.3. The second kappa shape index (κ2) is 6.17. The van der Waals surface area contributed by atoms with E-state index in [9.17, 15) is 0 Å². The largest absolute Gasteiger partial charge is 0.304 e. The molecule has 98 valence electrons. The van der Waals surface area contributed by atoms with Crippen LogP contribution in [0.2, 0.25) is 0 Å². The summed E-state index contributed by atoms with van der Waals surface area (Å²) in [4.78, 5) is 4.93. The molecule has 0 saturated carbocycles. The summed E-state index contributed by atoms with van der Waals surface area (Å²) in [5.74, 6) is 0. The minimum absolute atomic E-state index is 1.05. The van der Waals surface area contributed by atoms with Gasteiger partial charge in [0.1, 0.15) is 0 Å². The van der Waals surface area contributed by atoms with Gasteiger partial charge >= 0.3 is 0 Å². The molecular weight excluding hydrogens is 220 g/mol. The van der Waals surface area contributed by atoms with Crippen molar-refractivity contribution in [3.05, 3.63) is 41.5 Å². The molecule has 2 heteroatoms. The van der Waals surface area contributed by atoms with E-state index in [4.69, 9.17) is 0 Å². The highest BCUT2D eigenvalue weighted by atomic mass is 15.2. The summed E-state index contributed by atoms with van der Waals surface area (Å²) in [7, 11) is 2.20. The Kier molecular flexibility index (Phi) is 4.56. The molecule has 1 saturated heterocycles. The van der Waals surface area contributed by atoms with Crippen molar-refractivity contribution in [2.75, 3.05) is 33.2 Å². The van der Waals surface area contributed by atoms with Crippen LogP contribution in [0.1, 0.15) is 23.6 Å². The fourth-order valence-electron chi connectivity index (χ4n) is 2.45. The van der Waals surface area contributed by atoms with Crippen LogP contribution in [0.5, 0.6) is 0 Å². The van der Waals surface area contributed by atoms with Crippen molar-refractivity contribution in [3.63, 3.8) is 0 Å². The Morgan fingerprint density at radius 3 is 2.56 bits per heavy atom. The third-order valence-electron chi connectivity index (χ3n) is 3.83. The van der Waals surface area contributed by atoms with Gasteiger partial charge in [0.05, 0.1) is 0 Å². The van der Waals surface area contributed by atoms with Gasteiger partial charge in [-0.3, -0.25) is 4.90 Å². The lowest BCUT2D eigenvalue weighted by atomic mass is 10.0. The average Bonchev–Trinajstić information content (AvgIpc) is 2.41. The van der Waals surface area contributed by atoms with Crippen LogP contribution in [0.15, 0.2) is 24.8 Å². The molecule has 0 aromatic heterocycles. The van der Waals surface area contributed by atoms with Crippen LogP contribution in [0.25, 0.3) is 6.08 Å². The molecule has 1 fully saturated rings. The average molecular weight is 244 g/mol. The van der Waals surface area contributed by atoms with Gasteiger partial charge in [-0.2, -0.15) is 0 Å². The number of hydrogen-bond acceptors (Lipinski definition) is 2. The molecule has 1 aromatic carbocycles. The Labute approximate surface area is 111 Å². The molecule has 2 rings (SSSR count). The van der Waals surface area contributed by atoms with Crippen molar-refractivity contribution >= 4 is 6.08 Å². The minimum atomic E-state index is 1.05. The highest BCUT2D eigenvalue weighted by Crippen LogP contribution is 2.17. The van der Waals surface area contributed by atoms with Crippen LogP contribution in [0.3, 0.4) is 0 Å². The van der Waals surface area contributed by atoms with Crippen LogP contribution in [0.4, 0.5) is 0 Å². The first-order chi connectivity index (χ1) is 8.72. The monoisotopic (exact) mass is 244 g/mol. The smallest absolute Gasteiger partial charge is 0.0240 e. The van der Waals surface area contributed by atoms with E-state index in [2.05, 4.69) is 48.5 Å². The molecule has 1 aromatic rings. The summed E-state index contributed by atoms with van der Waals surface area (Å²) in [5.41, 5.74) is 4.10. The molecule has 1 aliphatic rings. The lowest BCUT2D eigenvalue weighted by Crippen LogP contribution is -2.43. The Balaban J connectivity index is 2.06. The summed E-state index contributed by atoms with van der Waals surface area (Å²) in [6.07, 6.45) is 3.08. The number of nitrogens with zero attached hydrogens (tertiary/aromatic N) is 2. The second-order valence-electron chi connectivity index (χ2n) is 5.17. The Morgan fingerprint density at radius 1 is 1.22 bits per heavy atom. The molecule has 0 bridgehead atoms. The molecule has 1 aliphatic heterocycles. The maximum Gasteiger partial charge on any atom is 0.0240 e. The van der Waals surface area contributed by atoms with Gasteiger partial charge < -0.3 is 4.90 Å². The van der Waals surface area contributed by atoms with Gasteiger partial charge in [0.15, 0.2) is 0 Å². The second-order valence-corrected chi connectivity index (χ2v) is 5.17. The fourth-order valence-corrected chi connectivity index (χ4v) is 2.45. The maximum atomic E-state index is 3.95. The van der Waals surface area contributed by atoms with Gasteiger partial charge in [0.25, 0.3) is 0 Å². The third kappa shape index (κ3) is 3.21. The number of aryl methyl sites for hydroxylation is 1. The van der Waals surface area contributed by atoms with Crippen LogP contribution < -0.4 is 0 Å². The maximum absolute atomic E-state index is 3.95. The lowest BCUT2D eigenvalue weighted by molar-refractivity contribution is 0.148. The number of piperazine rings is 1. The molecule has 0 spiro atoms. The standard InChI is InChI=1S/C16H24N2/c1-4-14-6-7-16(15(5-2)12-14)13-18-10-8-17(3)9-11-18/h5-7,12H,2,4,8-11,13H2,1,3H3. The third-order valence-corrected chi connectivity index (χ3v) is 3.83. The minimum Gasteiger partial charge on any atom is -0.304 e. The quantitative estimate of drug-likeness (QED) is 0.803. The number of likely N-dealkylation sites (N-methyl/N-ethyl adjacent to an activating group) is 1. The van der Waals surface area contributed by atoms with Crippen molar-refractivity contribution < 1.29 is 0 Å². The lowest BCUT2D eigenvalue weighted by Gasteiger charge is -2.32. The van der Waals surface area contributed by atoms with Crippen LogP contribution >= 0.6 is 0 Å². The first-order valence-electron chi connectivity index (χ1n) is 6.88. The van der Waals surface area contributed by atoms with E-state index in [1.807, 2.05) is 6.08 Å². The Bertz CT molecular complexity index is 404. The van der Waals surface area contributed by atoms with E-state index in [0.717, 1.165) is 13.0 Å². The zero-order chi connectivity index (χ0) is 13.0. The summed E-state index contributed by atoms with van der Waals surface area (Å²) in [6, 6.07) is 6.80. The van der Waals surface area contributed by atoms with Crippen LogP contribution in [-0.4, -0.2) is 43.0 Å². The Hall–Kier alpha value is -1.12. The van der Waals surface area contributed by atoms with E-state index in [0.29, 0.717) is 0 Å². The van der Waals surface area contributed by atoms with E-state index in [1.165, 1.54) is 42.9 Å². The molecule has 0 atom stereocenters. The van der Waals surface area contributed by atoms with E-state index < -0.39 is 0 Å². The Morgan fingerprint density at radius 2 is 1.94 bits per heavy atom. The van der Waals surface area contributed by atoms with Crippen molar-refractivity contribution in [2.24, 2.45) is 0 Å². The highest BCUT2D eigenvalue weighted by Gasteiger charge is 2.14. The van der Waals surface area contributed by atoms with Gasteiger partial charge in [-0.25, -0.2) is 0 Å². The normalized spacial score (nSPS) is 17.9. The summed E-state index contributed by atoms with van der Waals surface area (Å²) in [5, 5.41) is 0. The molecule has 18 heavy (non-hydrogen) atoms. The first-order valence-corrected chi connectivity index (χ1v) is 6.88. The molecule has 0 aliphatic carbocycles. The van der Waals surface area contributed by atoms with Crippen molar-refractivity contribution in [1.29, 1.82) is 0 Å². The topological polar surface area (TPSA) is 6.48 Å². The molecule has 0 radical (unpaired) electrons. The van der Waals surface area contributed by atoms with Crippen molar-refractivity contribution in [2.45, 2.75) is 19.9 Å². The predicted molar refractivity (Wildman–Crippen MR) is 78.7 cm³/mol. The van der Waals surface area contributed by atoms with Gasteiger partial charge in [-0.15, -0.1) is 0 Å². The van der Waals surface area contributed by atoms with E-state index in [-0.39, 0.29) is 0 Å². The number of benzene rings is 1. The van der Waals surface area contributed by atoms with Crippen LogP contribution in [-0.2, 0) is 13.0 Å². The summed E-state index contributed by atoms with van der Waals surface area (Å²) < 4.78 is 0. The molecule has 1 heterocycles. The fraction of sp³-hybridized carbons (Fsp3) is 0.500. The van der Waals surface area contributed by atoms with Crippen LogP contribution in [0, 0.1) is 0 Å². The van der Waals surface area contributed by atoms with E-state index in [1.54, 1.807) is 0 Å². The highest BCUT2D eigenvalue weighted by molar-refractivity contribution is 5.53. The molecule has 2 nitrogen and oxygen atoms in total. The number of hydrogen-bond donors (Lipinski definition) is 0. The zero-order valence-electron chi connectivity index (χ0n) is 11.7. The molecule has 0 unspecified atom stereocenters. The zero-order valence-corrected chi connectivity index (χ0v) is 11.7. The van der Waals surface area contributed by atoms with E-state index >= 15 is 0 Å². The predicted octanol–water partition coefficient (Wildman–Crippen LogP) is 2.64. The van der Waals surface area contributed by atoms with Crippen molar-refractivity contribution in [1.82, 2.24) is 9.80 Å². The summed E-state index contributed by atoms with van der Waals surface area (Å²) >= 11 is 0. The van der Waals surface area contributed by atoms with Gasteiger partial charge in [0, 0.05) is 32.7 Å². The SMILES string of the molecule is C=Cc1cc(CC)ccc1CN1CCN(C)CC1. The van der Waals surface area contributed by atoms with Crippen molar-refractivity contribution in [3.8, 4) is 0 Å². The van der Waals surface area contributed by atoms with Gasteiger partial charge in [-0.1, -0.05) is 37.8 Å². The number of rotatable bonds is 4.